The zero-order valence-corrected chi connectivity index (χ0v) is 16.9. The van der Waals surface area contributed by atoms with E-state index in [9.17, 15) is 14.3 Å². The van der Waals surface area contributed by atoms with E-state index >= 15 is 0 Å². The van der Waals surface area contributed by atoms with Crippen molar-refractivity contribution in [3.8, 4) is 11.1 Å². The van der Waals surface area contributed by atoms with Crippen molar-refractivity contribution >= 4 is 16.8 Å². The number of aromatic nitrogens is 4. The van der Waals surface area contributed by atoms with Gasteiger partial charge in [0.25, 0.3) is 0 Å². The first-order valence-corrected chi connectivity index (χ1v) is 9.85. The van der Waals surface area contributed by atoms with Gasteiger partial charge in [-0.3, -0.25) is 14.5 Å². The minimum absolute atomic E-state index is 0.0780. The average molecular weight is 406 g/mol. The van der Waals surface area contributed by atoms with Gasteiger partial charge in [0.05, 0.1) is 35.4 Å². The van der Waals surface area contributed by atoms with E-state index in [0.717, 1.165) is 16.6 Å². The third-order valence-corrected chi connectivity index (χ3v) is 5.16. The first-order chi connectivity index (χ1) is 14.4. The molecular formula is C23H23FN4O2. The standard InChI is InChI=1S/C23H23FN4O2/c1-15(29)5-8-22(30)19-14-28(21-4-3-9-25-23(19)21)13-17-7-6-16(10-20(17)24)18-11-26-27(2)12-18/h3-4,6-7,9-12,14-15,29H,5,8,13H2,1-2H3/t15-/m1/s1. The fourth-order valence-corrected chi connectivity index (χ4v) is 3.54. The molecule has 0 aliphatic heterocycles. The van der Waals surface area contributed by atoms with Crippen LogP contribution in [0.2, 0.25) is 0 Å². The molecule has 0 radical (unpaired) electrons. The maximum Gasteiger partial charge on any atom is 0.166 e. The molecule has 0 fully saturated rings. The van der Waals surface area contributed by atoms with Crippen LogP contribution in [0.1, 0.15) is 35.7 Å². The normalized spacial score (nSPS) is 12.4. The van der Waals surface area contributed by atoms with E-state index in [2.05, 4.69) is 10.1 Å². The summed E-state index contributed by atoms with van der Waals surface area (Å²) in [4.78, 5) is 17.0. The lowest BCUT2D eigenvalue weighted by Crippen LogP contribution is -2.06. The number of halogens is 1. The van der Waals surface area contributed by atoms with Gasteiger partial charge in [-0.15, -0.1) is 0 Å². The summed E-state index contributed by atoms with van der Waals surface area (Å²) < 4.78 is 18.4. The maximum atomic E-state index is 14.9. The quantitative estimate of drug-likeness (QED) is 0.472. The van der Waals surface area contributed by atoms with Crippen LogP contribution >= 0.6 is 0 Å². The summed E-state index contributed by atoms with van der Waals surface area (Å²) in [5.41, 5.74) is 4.00. The first kappa shape index (κ1) is 20.0. The van der Waals surface area contributed by atoms with Crippen LogP contribution in [0, 0.1) is 5.82 Å². The second kappa shape index (κ2) is 8.20. The van der Waals surface area contributed by atoms with Crippen molar-refractivity contribution in [1.82, 2.24) is 19.3 Å². The number of carbonyl (C=O) groups excluding carboxylic acids is 1. The van der Waals surface area contributed by atoms with E-state index in [4.69, 9.17) is 0 Å². The molecule has 7 heteroatoms. The molecule has 0 bridgehead atoms. The van der Waals surface area contributed by atoms with Crippen molar-refractivity contribution in [3.63, 3.8) is 0 Å². The zero-order chi connectivity index (χ0) is 21.3. The predicted molar refractivity (Wildman–Crippen MR) is 113 cm³/mol. The summed E-state index contributed by atoms with van der Waals surface area (Å²) in [7, 11) is 1.82. The molecule has 0 aliphatic rings. The number of carbonyl (C=O) groups is 1. The van der Waals surface area contributed by atoms with Gasteiger partial charge in [0.2, 0.25) is 0 Å². The summed E-state index contributed by atoms with van der Waals surface area (Å²) in [6.07, 6.45) is 7.00. The van der Waals surface area contributed by atoms with Gasteiger partial charge in [0, 0.05) is 43.2 Å². The molecule has 4 aromatic rings. The second-order valence-corrected chi connectivity index (χ2v) is 7.56. The molecule has 0 amide bonds. The van der Waals surface area contributed by atoms with E-state index in [1.807, 2.05) is 29.9 Å². The SMILES string of the molecule is C[C@@H](O)CCC(=O)c1cn(Cc2ccc(-c3cnn(C)c3)cc2F)c2cccnc12. The molecule has 1 aromatic carbocycles. The van der Waals surface area contributed by atoms with Crippen LogP contribution in [0.15, 0.2) is 55.1 Å². The van der Waals surface area contributed by atoms with E-state index in [-0.39, 0.29) is 24.6 Å². The molecule has 0 saturated heterocycles. The van der Waals surface area contributed by atoms with Crippen LogP contribution in [-0.4, -0.2) is 36.3 Å². The van der Waals surface area contributed by atoms with Gasteiger partial charge >= 0.3 is 0 Å². The molecule has 0 spiro atoms. The summed E-state index contributed by atoms with van der Waals surface area (Å²) in [6, 6.07) is 8.80. The third-order valence-electron chi connectivity index (χ3n) is 5.16. The van der Waals surface area contributed by atoms with Crippen LogP contribution in [0.4, 0.5) is 4.39 Å². The molecule has 154 valence electrons. The Hall–Kier alpha value is -3.32. The smallest absolute Gasteiger partial charge is 0.166 e. The highest BCUT2D eigenvalue weighted by Gasteiger charge is 2.17. The van der Waals surface area contributed by atoms with Gasteiger partial charge in [-0.25, -0.2) is 4.39 Å². The number of rotatable bonds is 7. The van der Waals surface area contributed by atoms with Crippen LogP contribution in [0.25, 0.3) is 22.2 Å². The van der Waals surface area contributed by atoms with Gasteiger partial charge in [0.1, 0.15) is 5.82 Å². The zero-order valence-electron chi connectivity index (χ0n) is 16.9. The van der Waals surface area contributed by atoms with Crippen LogP contribution in [0.3, 0.4) is 0 Å². The lowest BCUT2D eigenvalue weighted by molar-refractivity contribution is 0.0950. The second-order valence-electron chi connectivity index (χ2n) is 7.56. The van der Waals surface area contributed by atoms with E-state index in [0.29, 0.717) is 23.1 Å². The summed E-state index contributed by atoms with van der Waals surface area (Å²) >= 11 is 0. The maximum absolute atomic E-state index is 14.9. The van der Waals surface area contributed by atoms with Crippen molar-refractivity contribution in [3.05, 3.63) is 72.1 Å². The molecule has 0 unspecified atom stereocenters. The van der Waals surface area contributed by atoms with Gasteiger partial charge in [-0.1, -0.05) is 12.1 Å². The van der Waals surface area contributed by atoms with Crippen LogP contribution in [-0.2, 0) is 13.6 Å². The number of fused-ring (bicyclic) bond motifs is 1. The number of aliphatic hydroxyl groups is 1. The van der Waals surface area contributed by atoms with Crippen LogP contribution < -0.4 is 0 Å². The predicted octanol–water partition coefficient (Wildman–Crippen LogP) is 3.97. The molecule has 4 rings (SSSR count). The Kier molecular flexibility index (Phi) is 5.46. The average Bonchev–Trinajstić information content (AvgIpc) is 3.32. The molecule has 1 N–H and O–H groups in total. The van der Waals surface area contributed by atoms with Crippen molar-refractivity contribution < 1.29 is 14.3 Å². The van der Waals surface area contributed by atoms with E-state index in [1.165, 1.54) is 6.07 Å². The molecule has 3 heterocycles. The Bertz CT molecular complexity index is 1210. The molecule has 3 aromatic heterocycles. The number of hydrogen-bond acceptors (Lipinski definition) is 4. The monoisotopic (exact) mass is 406 g/mol. The molecule has 6 nitrogen and oxygen atoms in total. The molecule has 1 atom stereocenters. The fourth-order valence-electron chi connectivity index (χ4n) is 3.54. The first-order valence-electron chi connectivity index (χ1n) is 9.85. The molecule has 0 aliphatic carbocycles. The highest BCUT2D eigenvalue weighted by Crippen LogP contribution is 2.25. The Morgan fingerprint density at radius 2 is 2.07 bits per heavy atom. The summed E-state index contributed by atoms with van der Waals surface area (Å²) in [5.74, 6) is -0.394. The Balaban J connectivity index is 1.65. The van der Waals surface area contributed by atoms with Crippen molar-refractivity contribution in [2.24, 2.45) is 7.05 Å². The van der Waals surface area contributed by atoms with Crippen LogP contribution in [0.5, 0.6) is 0 Å². The van der Waals surface area contributed by atoms with E-state index in [1.54, 1.807) is 42.3 Å². The number of aryl methyl sites for hydroxylation is 1. The Labute approximate surface area is 173 Å². The Morgan fingerprint density at radius 3 is 2.77 bits per heavy atom. The summed E-state index contributed by atoms with van der Waals surface area (Å²) in [5, 5.41) is 13.6. The number of Topliss-reactive ketones (excluding diaryl/α,β-unsaturated/α-hetero) is 1. The number of hydrogen-bond donors (Lipinski definition) is 1. The van der Waals surface area contributed by atoms with Crippen molar-refractivity contribution in [2.75, 3.05) is 0 Å². The fraction of sp³-hybridized carbons (Fsp3) is 0.261. The lowest BCUT2D eigenvalue weighted by atomic mass is 10.1. The number of ketones is 1. The van der Waals surface area contributed by atoms with Gasteiger partial charge < -0.3 is 9.67 Å². The van der Waals surface area contributed by atoms with Gasteiger partial charge in [-0.05, 0) is 37.1 Å². The minimum atomic E-state index is -0.539. The highest BCUT2D eigenvalue weighted by molar-refractivity contribution is 6.06. The van der Waals surface area contributed by atoms with Crippen molar-refractivity contribution in [1.29, 1.82) is 0 Å². The number of nitrogens with zero attached hydrogens (tertiary/aromatic N) is 4. The largest absolute Gasteiger partial charge is 0.393 e. The number of aliphatic hydroxyl groups excluding tert-OH is 1. The summed E-state index contributed by atoms with van der Waals surface area (Å²) in [6.45, 7) is 1.94. The lowest BCUT2D eigenvalue weighted by Gasteiger charge is -2.08. The third kappa shape index (κ3) is 4.02. The molecule has 0 saturated carbocycles. The topological polar surface area (TPSA) is 72.9 Å². The molecular weight excluding hydrogens is 383 g/mol. The molecule has 30 heavy (non-hydrogen) atoms. The van der Waals surface area contributed by atoms with Gasteiger partial charge in [0.15, 0.2) is 5.78 Å². The van der Waals surface area contributed by atoms with E-state index < -0.39 is 6.10 Å². The highest BCUT2D eigenvalue weighted by atomic mass is 19.1. The number of pyridine rings is 1. The van der Waals surface area contributed by atoms with Crippen molar-refractivity contribution in [2.45, 2.75) is 32.4 Å². The minimum Gasteiger partial charge on any atom is -0.393 e. The Morgan fingerprint density at radius 1 is 1.23 bits per heavy atom. The number of benzene rings is 1. The van der Waals surface area contributed by atoms with Gasteiger partial charge in [-0.2, -0.15) is 5.10 Å².